The van der Waals surface area contributed by atoms with E-state index < -0.39 is 0 Å². The number of hydrogen-bond acceptors (Lipinski definition) is 2. The van der Waals surface area contributed by atoms with Crippen molar-refractivity contribution in [3.05, 3.63) is 29.3 Å². The van der Waals surface area contributed by atoms with Crippen molar-refractivity contribution in [1.82, 2.24) is 4.90 Å². The number of amides is 1. The number of carbonyl (C=O) groups is 1. The van der Waals surface area contributed by atoms with Gasteiger partial charge >= 0.3 is 0 Å². The maximum atomic E-state index is 12.8. The van der Waals surface area contributed by atoms with Gasteiger partial charge in [-0.25, -0.2) is 0 Å². The molecule has 3 nitrogen and oxygen atoms in total. The Bertz CT molecular complexity index is 607. The summed E-state index contributed by atoms with van der Waals surface area (Å²) >= 11 is 0. The van der Waals surface area contributed by atoms with Crippen molar-refractivity contribution < 1.29 is 4.79 Å². The number of benzene rings is 1. The second kappa shape index (κ2) is 5.00. The highest BCUT2D eigenvalue weighted by molar-refractivity contribution is 6.00. The SMILES string of the molecule is C[C@@H]1[C@@H](N2Cc3c(N)cccc3C2=O)C[C@@H](C)C(C)(C)[C@H]1C. The average molecular weight is 300 g/mol. The summed E-state index contributed by atoms with van der Waals surface area (Å²) in [6, 6.07) is 6.01. The lowest BCUT2D eigenvalue weighted by Crippen LogP contribution is -2.52. The summed E-state index contributed by atoms with van der Waals surface area (Å²) in [5.74, 6) is 1.87. The van der Waals surface area contributed by atoms with E-state index in [-0.39, 0.29) is 5.91 Å². The predicted molar refractivity (Wildman–Crippen MR) is 90.4 cm³/mol. The minimum Gasteiger partial charge on any atom is -0.398 e. The molecule has 3 heteroatoms. The number of hydrogen-bond donors (Lipinski definition) is 1. The van der Waals surface area contributed by atoms with E-state index in [2.05, 4.69) is 39.5 Å². The van der Waals surface area contributed by atoms with Crippen LogP contribution in [0.25, 0.3) is 0 Å². The first kappa shape index (κ1) is 15.4. The lowest BCUT2D eigenvalue weighted by molar-refractivity contribution is -0.0231. The molecule has 0 spiro atoms. The van der Waals surface area contributed by atoms with E-state index in [9.17, 15) is 4.79 Å². The second-order valence-corrected chi connectivity index (χ2v) is 7.98. The van der Waals surface area contributed by atoms with Gasteiger partial charge in [-0.15, -0.1) is 0 Å². The van der Waals surface area contributed by atoms with E-state index >= 15 is 0 Å². The maximum absolute atomic E-state index is 12.8. The number of nitrogens with two attached hydrogens (primary N) is 1. The Labute approximate surface area is 133 Å². The lowest BCUT2D eigenvalue weighted by Gasteiger charge is -2.51. The van der Waals surface area contributed by atoms with Gasteiger partial charge in [0.2, 0.25) is 0 Å². The van der Waals surface area contributed by atoms with Crippen LogP contribution in [0.2, 0.25) is 0 Å². The molecule has 120 valence electrons. The van der Waals surface area contributed by atoms with Gasteiger partial charge in [0.15, 0.2) is 0 Å². The third-order valence-corrected chi connectivity index (χ3v) is 6.87. The fourth-order valence-corrected chi connectivity index (χ4v) is 4.40. The molecule has 0 bridgehead atoms. The van der Waals surface area contributed by atoms with E-state index in [1.54, 1.807) is 0 Å². The summed E-state index contributed by atoms with van der Waals surface area (Å²) in [6.45, 7) is 12.4. The van der Waals surface area contributed by atoms with Gasteiger partial charge in [-0.1, -0.05) is 40.7 Å². The molecule has 1 aromatic rings. The van der Waals surface area contributed by atoms with Crippen molar-refractivity contribution in [2.24, 2.45) is 23.2 Å². The van der Waals surface area contributed by atoms with E-state index in [0.29, 0.717) is 35.8 Å². The third-order valence-electron chi connectivity index (χ3n) is 6.87. The zero-order valence-electron chi connectivity index (χ0n) is 14.4. The Hall–Kier alpha value is -1.51. The number of fused-ring (bicyclic) bond motifs is 1. The quantitative estimate of drug-likeness (QED) is 0.799. The number of rotatable bonds is 1. The van der Waals surface area contributed by atoms with Crippen molar-refractivity contribution in [3.63, 3.8) is 0 Å². The van der Waals surface area contributed by atoms with Gasteiger partial charge in [0.1, 0.15) is 0 Å². The van der Waals surface area contributed by atoms with Gasteiger partial charge in [0, 0.05) is 29.4 Å². The van der Waals surface area contributed by atoms with Crippen LogP contribution in [0, 0.1) is 23.2 Å². The minimum atomic E-state index is 0.165. The van der Waals surface area contributed by atoms with Crippen LogP contribution in [0.4, 0.5) is 5.69 Å². The van der Waals surface area contributed by atoms with Crippen molar-refractivity contribution >= 4 is 11.6 Å². The molecule has 4 atom stereocenters. The fourth-order valence-electron chi connectivity index (χ4n) is 4.40. The highest BCUT2D eigenvalue weighted by atomic mass is 16.2. The van der Waals surface area contributed by atoms with E-state index in [0.717, 1.165) is 23.2 Å². The van der Waals surface area contributed by atoms with Crippen LogP contribution in [-0.2, 0) is 6.54 Å². The van der Waals surface area contributed by atoms with Crippen molar-refractivity contribution in [1.29, 1.82) is 0 Å². The Morgan fingerprint density at radius 2 is 1.91 bits per heavy atom. The molecule has 1 saturated carbocycles. The molecule has 1 aromatic carbocycles. The predicted octanol–water partition coefficient (Wildman–Crippen LogP) is 3.93. The minimum absolute atomic E-state index is 0.165. The molecule has 1 aliphatic heterocycles. The molecule has 0 aromatic heterocycles. The van der Waals surface area contributed by atoms with Crippen molar-refractivity contribution in [2.75, 3.05) is 5.73 Å². The zero-order valence-corrected chi connectivity index (χ0v) is 14.4. The van der Waals surface area contributed by atoms with Crippen LogP contribution in [0.5, 0.6) is 0 Å². The van der Waals surface area contributed by atoms with Crippen molar-refractivity contribution in [2.45, 2.75) is 53.6 Å². The normalized spacial score (nSPS) is 33.9. The van der Waals surface area contributed by atoms with Gasteiger partial charge in [0.25, 0.3) is 5.91 Å². The summed E-state index contributed by atoms with van der Waals surface area (Å²) in [5.41, 5.74) is 8.97. The van der Waals surface area contributed by atoms with Crippen molar-refractivity contribution in [3.8, 4) is 0 Å². The third kappa shape index (κ3) is 2.05. The van der Waals surface area contributed by atoms with E-state index in [1.165, 1.54) is 0 Å². The number of nitrogen functional groups attached to an aromatic ring is 1. The summed E-state index contributed by atoms with van der Waals surface area (Å²) in [5, 5.41) is 0. The van der Waals surface area contributed by atoms with Crippen LogP contribution < -0.4 is 5.73 Å². The number of carbonyl (C=O) groups excluding carboxylic acids is 1. The molecule has 3 rings (SSSR count). The molecule has 1 fully saturated rings. The smallest absolute Gasteiger partial charge is 0.254 e. The molecule has 1 aliphatic carbocycles. The molecule has 1 heterocycles. The first-order chi connectivity index (χ1) is 10.2. The van der Waals surface area contributed by atoms with Gasteiger partial charge in [-0.3, -0.25) is 4.79 Å². The van der Waals surface area contributed by atoms with E-state index in [1.807, 2.05) is 18.2 Å². The van der Waals surface area contributed by atoms with Gasteiger partial charge in [0.05, 0.1) is 0 Å². The molecule has 2 aliphatic rings. The van der Waals surface area contributed by atoms with Crippen LogP contribution in [0.3, 0.4) is 0 Å². The summed E-state index contributed by atoms with van der Waals surface area (Å²) in [7, 11) is 0. The largest absolute Gasteiger partial charge is 0.398 e. The number of nitrogens with zero attached hydrogens (tertiary/aromatic N) is 1. The van der Waals surface area contributed by atoms with Gasteiger partial charge in [-0.05, 0) is 41.7 Å². The molecule has 0 saturated heterocycles. The summed E-state index contributed by atoms with van der Waals surface area (Å²) in [4.78, 5) is 14.9. The number of anilines is 1. The first-order valence-electron chi connectivity index (χ1n) is 8.43. The molecule has 0 unspecified atom stereocenters. The zero-order chi connectivity index (χ0) is 16.2. The monoisotopic (exact) mass is 300 g/mol. The standard InChI is InChI=1S/C19H28N2O/c1-11-9-17(12(2)13(3)19(11,4)5)21-10-15-14(18(21)22)7-6-8-16(15)20/h6-8,11-13,17H,9-10,20H2,1-5H3/t11-,12+,13+,17+/m1/s1. The summed E-state index contributed by atoms with van der Waals surface area (Å²) < 4.78 is 0. The first-order valence-corrected chi connectivity index (χ1v) is 8.43. The van der Waals surface area contributed by atoms with Crippen LogP contribution in [0.15, 0.2) is 18.2 Å². The van der Waals surface area contributed by atoms with Crippen LogP contribution in [-0.4, -0.2) is 16.8 Å². The molecular weight excluding hydrogens is 272 g/mol. The Morgan fingerprint density at radius 1 is 1.23 bits per heavy atom. The fraction of sp³-hybridized carbons (Fsp3) is 0.632. The van der Waals surface area contributed by atoms with Gasteiger partial charge < -0.3 is 10.6 Å². The molecule has 22 heavy (non-hydrogen) atoms. The van der Waals surface area contributed by atoms with E-state index in [4.69, 9.17) is 5.73 Å². The molecule has 0 radical (unpaired) electrons. The molecular formula is C19H28N2O. The lowest BCUT2D eigenvalue weighted by atomic mass is 9.58. The van der Waals surface area contributed by atoms with Gasteiger partial charge in [-0.2, -0.15) is 0 Å². The Kier molecular flexibility index (Phi) is 3.50. The Balaban J connectivity index is 1.91. The maximum Gasteiger partial charge on any atom is 0.254 e. The van der Waals surface area contributed by atoms with Crippen LogP contribution >= 0.6 is 0 Å². The second-order valence-electron chi connectivity index (χ2n) is 7.98. The Morgan fingerprint density at radius 3 is 2.55 bits per heavy atom. The summed E-state index contributed by atoms with van der Waals surface area (Å²) in [6.07, 6.45) is 1.08. The molecule has 2 N–H and O–H groups in total. The topological polar surface area (TPSA) is 46.3 Å². The van der Waals surface area contributed by atoms with Crippen LogP contribution in [0.1, 0.15) is 57.0 Å². The highest BCUT2D eigenvalue weighted by Gasteiger charge is 2.47. The highest BCUT2D eigenvalue weighted by Crippen LogP contribution is 2.49. The average Bonchev–Trinajstić information content (AvgIpc) is 2.80. The molecule has 1 amide bonds.